The zero-order valence-corrected chi connectivity index (χ0v) is 10.0. The third kappa shape index (κ3) is 2.76. The van der Waals surface area contributed by atoms with Crippen LogP contribution in [0.2, 0.25) is 5.02 Å². The van der Waals surface area contributed by atoms with Crippen molar-refractivity contribution in [2.24, 2.45) is 5.73 Å². The number of carbonyl (C=O) groups is 1. The molecule has 1 saturated carbocycles. The Bertz CT molecular complexity index is 439. The molecule has 0 spiro atoms. The average Bonchev–Trinajstić information content (AvgIpc) is 2.68. The largest absolute Gasteiger partial charge is 0.348 e. The number of carbonyl (C=O) groups excluding carboxylic acids is 1. The van der Waals surface area contributed by atoms with Gasteiger partial charge in [-0.1, -0.05) is 11.6 Å². The summed E-state index contributed by atoms with van der Waals surface area (Å²) in [5.74, 6) is -0.891. The normalized spacial score (nSPS) is 23.7. The molecule has 0 saturated heterocycles. The Kier molecular flexibility index (Phi) is 3.64. The highest BCUT2D eigenvalue weighted by atomic mass is 35.5. The maximum Gasteiger partial charge on any atom is 0.251 e. The predicted molar refractivity (Wildman–Crippen MR) is 64.5 cm³/mol. The number of rotatable bonds is 2. The van der Waals surface area contributed by atoms with Gasteiger partial charge in [0, 0.05) is 17.6 Å². The first-order valence-electron chi connectivity index (χ1n) is 5.59. The SMILES string of the molecule is NC1CCCC1NC(=O)c1ccc(Cl)c(F)c1. The lowest BCUT2D eigenvalue weighted by atomic mass is 10.1. The molecule has 2 atom stereocenters. The molecule has 0 aromatic heterocycles. The van der Waals surface area contributed by atoms with Gasteiger partial charge >= 0.3 is 0 Å². The third-order valence-electron chi connectivity index (χ3n) is 3.07. The maximum absolute atomic E-state index is 13.2. The van der Waals surface area contributed by atoms with Gasteiger partial charge < -0.3 is 11.1 Å². The molecule has 3 N–H and O–H groups in total. The molecule has 0 bridgehead atoms. The van der Waals surface area contributed by atoms with Crippen LogP contribution in [-0.4, -0.2) is 18.0 Å². The molecule has 2 unspecified atom stereocenters. The van der Waals surface area contributed by atoms with Crippen LogP contribution in [0.25, 0.3) is 0 Å². The van der Waals surface area contributed by atoms with E-state index in [2.05, 4.69) is 5.32 Å². The molecule has 3 nitrogen and oxygen atoms in total. The molecule has 92 valence electrons. The fourth-order valence-electron chi connectivity index (χ4n) is 2.06. The van der Waals surface area contributed by atoms with E-state index in [0.29, 0.717) is 0 Å². The number of hydrogen-bond donors (Lipinski definition) is 2. The summed E-state index contributed by atoms with van der Waals surface area (Å²) < 4.78 is 13.2. The third-order valence-corrected chi connectivity index (χ3v) is 3.37. The average molecular weight is 257 g/mol. The molecule has 1 aromatic rings. The van der Waals surface area contributed by atoms with Crippen molar-refractivity contribution in [2.45, 2.75) is 31.3 Å². The molecule has 5 heteroatoms. The van der Waals surface area contributed by atoms with Crippen LogP contribution in [0.1, 0.15) is 29.6 Å². The Hall–Kier alpha value is -1.13. The number of nitrogens with one attached hydrogen (secondary N) is 1. The molecule has 2 rings (SSSR count). The summed E-state index contributed by atoms with van der Waals surface area (Å²) in [5, 5.41) is 2.83. The fourth-order valence-corrected chi connectivity index (χ4v) is 2.17. The molecular weight excluding hydrogens is 243 g/mol. The second-order valence-electron chi connectivity index (χ2n) is 4.30. The highest BCUT2D eigenvalue weighted by Gasteiger charge is 2.25. The van der Waals surface area contributed by atoms with Gasteiger partial charge in [-0.05, 0) is 37.5 Å². The predicted octanol–water partition coefficient (Wildman–Crippen LogP) is 2.09. The lowest BCUT2D eigenvalue weighted by molar-refractivity contribution is 0.0934. The molecule has 0 heterocycles. The van der Waals surface area contributed by atoms with Crippen LogP contribution in [0.15, 0.2) is 18.2 Å². The number of amides is 1. The first-order chi connectivity index (χ1) is 8.08. The summed E-state index contributed by atoms with van der Waals surface area (Å²) in [5.41, 5.74) is 6.12. The summed E-state index contributed by atoms with van der Waals surface area (Å²) in [4.78, 5) is 11.8. The van der Waals surface area contributed by atoms with Gasteiger partial charge in [0.2, 0.25) is 0 Å². The summed E-state index contributed by atoms with van der Waals surface area (Å²) in [6.45, 7) is 0. The van der Waals surface area contributed by atoms with Crippen LogP contribution in [0.3, 0.4) is 0 Å². The van der Waals surface area contributed by atoms with E-state index in [9.17, 15) is 9.18 Å². The molecule has 1 aliphatic rings. The van der Waals surface area contributed by atoms with Crippen LogP contribution in [0, 0.1) is 5.82 Å². The van der Waals surface area contributed by atoms with Crippen molar-refractivity contribution < 1.29 is 9.18 Å². The van der Waals surface area contributed by atoms with Crippen molar-refractivity contribution in [2.75, 3.05) is 0 Å². The van der Waals surface area contributed by atoms with Crippen molar-refractivity contribution in [3.63, 3.8) is 0 Å². The second-order valence-corrected chi connectivity index (χ2v) is 4.71. The molecule has 0 aliphatic heterocycles. The summed E-state index contributed by atoms with van der Waals surface area (Å²) in [7, 11) is 0. The smallest absolute Gasteiger partial charge is 0.251 e. The first-order valence-corrected chi connectivity index (χ1v) is 5.97. The van der Waals surface area contributed by atoms with Crippen molar-refractivity contribution in [1.82, 2.24) is 5.32 Å². The molecule has 17 heavy (non-hydrogen) atoms. The van der Waals surface area contributed by atoms with Gasteiger partial charge in [-0.25, -0.2) is 4.39 Å². The quantitative estimate of drug-likeness (QED) is 0.851. The Morgan fingerprint density at radius 3 is 2.82 bits per heavy atom. The standard InChI is InChI=1S/C12H14ClFN2O/c13-8-5-4-7(6-9(8)14)12(17)16-11-3-1-2-10(11)15/h4-6,10-11H,1-3,15H2,(H,16,17). The van der Waals surface area contributed by atoms with E-state index in [1.165, 1.54) is 12.1 Å². The van der Waals surface area contributed by atoms with Crippen LogP contribution >= 0.6 is 11.6 Å². The molecular formula is C12H14ClFN2O. The lowest BCUT2D eigenvalue weighted by Gasteiger charge is -2.17. The van der Waals surface area contributed by atoms with Gasteiger partial charge in [0.1, 0.15) is 5.82 Å². The number of halogens is 2. The van der Waals surface area contributed by atoms with Gasteiger partial charge in [-0.3, -0.25) is 4.79 Å². The monoisotopic (exact) mass is 256 g/mol. The van der Waals surface area contributed by atoms with Crippen molar-refractivity contribution in [3.05, 3.63) is 34.6 Å². The molecule has 1 aromatic carbocycles. The van der Waals surface area contributed by atoms with Crippen molar-refractivity contribution >= 4 is 17.5 Å². The van der Waals surface area contributed by atoms with Gasteiger partial charge in [-0.15, -0.1) is 0 Å². The summed E-state index contributed by atoms with van der Waals surface area (Å²) in [6, 6.07) is 4.00. The Labute approximate surface area is 104 Å². The van der Waals surface area contributed by atoms with Crippen LogP contribution in [0.4, 0.5) is 4.39 Å². The van der Waals surface area contributed by atoms with E-state index in [1.54, 1.807) is 0 Å². The topological polar surface area (TPSA) is 55.1 Å². The summed E-state index contributed by atoms with van der Waals surface area (Å²) in [6.07, 6.45) is 2.81. The van der Waals surface area contributed by atoms with Crippen LogP contribution < -0.4 is 11.1 Å². The lowest BCUT2D eigenvalue weighted by Crippen LogP contribution is -2.43. The Balaban J connectivity index is 2.06. The van der Waals surface area contributed by atoms with E-state index >= 15 is 0 Å². The van der Waals surface area contributed by atoms with E-state index in [4.69, 9.17) is 17.3 Å². The van der Waals surface area contributed by atoms with Crippen LogP contribution in [-0.2, 0) is 0 Å². The van der Waals surface area contributed by atoms with Gasteiger partial charge in [-0.2, -0.15) is 0 Å². The van der Waals surface area contributed by atoms with Crippen molar-refractivity contribution in [1.29, 1.82) is 0 Å². The molecule has 1 fully saturated rings. The van der Waals surface area contributed by atoms with Crippen molar-refractivity contribution in [3.8, 4) is 0 Å². The Morgan fingerprint density at radius 2 is 2.24 bits per heavy atom. The molecule has 1 aliphatic carbocycles. The fraction of sp³-hybridized carbons (Fsp3) is 0.417. The first kappa shape index (κ1) is 12.3. The minimum atomic E-state index is -0.588. The highest BCUT2D eigenvalue weighted by molar-refractivity contribution is 6.30. The van der Waals surface area contributed by atoms with E-state index in [1.807, 2.05) is 0 Å². The van der Waals surface area contributed by atoms with Crippen LogP contribution in [0.5, 0.6) is 0 Å². The van der Waals surface area contributed by atoms with Gasteiger partial charge in [0.15, 0.2) is 0 Å². The van der Waals surface area contributed by atoms with E-state index in [-0.39, 0.29) is 28.6 Å². The maximum atomic E-state index is 13.2. The second kappa shape index (κ2) is 5.02. The number of benzene rings is 1. The molecule has 1 amide bonds. The number of hydrogen-bond acceptors (Lipinski definition) is 2. The molecule has 0 radical (unpaired) electrons. The van der Waals surface area contributed by atoms with Gasteiger partial charge in [0.05, 0.1) is 5.02 Å². The zero-order valence-electron chi connectivity index (χ0n) is 9.25. The minimum Gasteiger partial charge on any atom is -0.348 e. The summed E-state index contributed by atoms with van der Waals surface area (Å²) >= 11 is 5.55. The minimum absolute atomic E-state index is 0.00361. The highest BCUT2D eigenvalue weighted by Crippen LogP contribution is 2.19. The van der Waals surface area contributed by atoms with Gasteiger partial charge in [0.25, 0.3) is 5.91 Å². The Morgan fingerprint density at radius 1 is 1.47 bits per heavy atom. The zero-order chi connectivity index (χ0) is 12.4. The van der Waals surface area contributed by atoms with E-state index in [0.717, 1.165) is 25.3 Å². The number of nitrogens with two attached hydrogens (primary N) is 1. The van der Waals surface area contributed by atoms with E-state index < -0.39 is 5.82 Å².